The molecule has 1 aromatic carbocycles. The molecule has 0 fully saturated rings. The number of carbonyl (C=O) groups excluding carboxylic acids is 1. The van der Waals surface area contributed by atoms with Gasteiger partial charge in [-0.2, -0.15) is 0 Å². The molecule has 0 bridgehead atoms. The van der Waals surface area contributed by atoms with Gasteiger partial charge >= 0.3 is 0 Å². The van der Waals surface area contributed by atoms with Gasteiger partial charge in [0, 0.05) is 17.8 Å². The molecule has 3 aromatic heterocycles. The number of aromatic amines is 1. The highest BCUT2D eigenvalue weighted by atomic mass is 32.2. The van der Waals surface area contributed by atoms with Crippen LogP contribution in [0.1, 0.15) is 22.4 Å². The topological polar surface area (TPSA) is 106 Å². The summed E-state index contributed by atoms with van der Waals surface area (Å²) >= 11 is 1.29. The number of hydrogen-bond donors (Lipinski definition) is 2. The maximum atomic E-state index is 12.5. The van der Waals surface area contributed by atoms with Crippen LogP contribution in [0.25, 0.3) is 11.6 Å². The van der Waals surface area contributed by atoms with Crippen molar-refractivity contribution >= 4 is 17.7 Å². The lowest BCUT2D eigenvalue weighted by atomic mass is 10.1. The van der Waals surface area contributed by atoms with E-state index in [1.807, 2.05) is 60.9 Å². The molecule has 4 rings (SSSR count). The van der Waals surface area contributed by atoms with Gasteiger partial charge in [0.1, 0.15) is 0 Å². The number of benzene rings is 1. The number of amides is 1. The van der Waals surface area contributed by atoms with E-state index < -0.39 is 0 Å². The minimum absolute atomic E-state index is 0.147. The highest BCUT2D eigenvalue weighted by Gasteiger charge is 2.18. The van der Waals surface area contributed by atoms with E-state index in [1.54, 1.807) is 12.3 Å². The van der Waals surface area contributed by atoms with Crippen LogP contribution in [-0.4, -0.2) is 31.4 Å². The Morgan fingerprint density at radius 1 is 1.16 bits per heavy atom. The number of aromatic nitrogens is 4. The van der Waals surface area contributed by atoms with Gasteiger partial charge in [-0.25, -0.2) is 0 Å². The van der Waals surface area contributed by atoms with Crippen LogP contribution < -0.4 is 10.9 Å². The second-order valence-electron chi connectivity index (χ2n) is 7.36. The van der Waals surface area contributed by atoms with Crippen LogP contribution in [0.4, 0.5) is 0 Å². The molecule has 0 saturated heterocycles. The molecule has 0 atom stereocenters. The van der Waals surface area contributed by atoms with E-state index in [-0.39, 0.29) is 23.8 Å². The summed E-state index contributed by atoms with van der Waals surface area (Å²) in [6.07, 6.45) is 1.59. The summed E-state index contributed by atoms with van der Waals surface area (Å²) in [4.78, 5) is 27.4. The normalized spacial score (nSPS) is 10.9. The number of aryl methyl sites for hydroxylation is 2. The lowest BCUT2D eigenvalue weighted by Gasteiger charge is -2.10. The first kappa shape index (κ1) is 21.6. The predicted molar refractivity (Wildman–Crippen MR) is 122 cm³/mol. The third-order valence-electron chi connectivity index (χ3n) is 4.93. The van der Waals surface area contributed by atoms with Crippen molar-refractivity contribution in [1.82, 2.24) is 25.1 Å². The van der Waals surface area contributed by atoms with Crippen LogP contribution in [0, 0.1) is 13.8 Å². The van der Waals surface area contributed by atoms with E-state index in [0.717, 1.165) is 16.8 Å². The fourth-order valence-electron chi connectivity index (χ4n) is 3.36. The molecule has 0 aliphatic heterocycles. The largest absolute Gasteiger partial charge is 0.461 e. The number of hydrogen-bond acceptors (Lipinski definition) is 6. The standard InChI is InChI=1S/C23H23N5O3S/c1-15-11-16(2)25-22(30)18(15)12-24-20(29)14-32-23-27-26-21(19-9-6-10-31-19)28(23)13-17-7-4-3-5-8-17/h3-11H,12-14H2,1-2H3,(H,24,29)(H,25,30). The van der Waals surface area contributed by atoms with Gasteiger partial charge in [0.2, 0.25) is 11.7 Å². The van der Waals surface area contributed by atoms with Crippen LogP contribution >= 0.6 is 11.8 Å². The van der Waals surface area contributed by atoms with Crippen molar-refractivity contribution in [2.45, 2.75) is 32.1 Å². The average molecular weight is 450 g/mol. The molecule has 8 nitrogen and oxygen atoms in total. The molecular formula is C23H23N5O3S. The summed E-state index contributed by atoms with van der Waals surface area (Å²) < 4.78 is 7.44. The van der Waals surface area contributed by atoms with Crippen molar-refractivity contribution < 1.29 is 9.21 Å². The maximum absolute atomic E-state index is 12.5. The zero-order valence-electron chi connectivity index (χ0n) is 17.8. The van der Waals surface area contributed by atoms with Gasteiger partial charge in [-0.1, -0.05) is 42.1 Å². The summed E-state index contributed by atoms with van der Waals surface area (Å²) in [5, 5.41) is 12.0. The summed E-state index contributed by atoms with van der Waals surface area (Å²) in [5.41, 5.74) is 3.11. The van der Waals surface area contributed by atoms with Crippen molar-refractivity contribution in [1.29, 1.82) is 0 Å². The summed E-state index contributed by atoms with van der Waals surface area (Å²) in [6.45, 7) is 4.41. The fraction of sp³-hybridized carbons (Fsp3) is 0.217. The Balaban J connectivity index is 1.46. The maximum Gasteiger partial charge on any atom is 0.253 e. The first-order chi connectivity index (χ1) is 15.5. The Kier molecular flexibility index (Phi) is 6.55. The highest BCUT2D eigenvalue weighted by Crippen LogP contribution is 2.25. The molecule has 0 aliphatic carbocycles. The van der Waals surface area contributed by atoms with Gasteiger partial charge in [0.15, 0.2) is 10.9 Å². The van der Waals surface area contributed by atoms with Crippen LogP contribution in [0.5, 0.6) is 0 Å². The first-order valence-electron chi connectivity index (χ1n) is 10.1. The molecule has 164 valence electrons. The second-order valence-corrected chi connectivity index (χ2v) is 8.31. The summed E-state index contributed by atoms with van der Waals surface area (Å²) in [6, 6.07) is 15.5. The van der Waals surface area contributed by atoms with Gasteiger partial charge < -0.3 is 14.7 Å². The van der Waals surface area contributed by atoms with Crippen LogP contribution in [0.15, 0.2) is 69.2 Å². The minimum atomic E-state index is -0.191. The van der Waals surface area contributed by atoms with Gasteiger partial charge in [0.25, 0.3) is 5.56 Å². The third kappa shape index (κ3) is 5.00. The molecular weight excluding hydrogens is 426 g/mol. The molecule has 0 saturated carbocycles. The number of rotatable bonds is 8. The molecule has 3 heterocycles. The van der Waals surface area contributed by atoms with Gasteiger partial charge in [0.05, 0.1) is 18.6 Å². The van der Waals surface area contributed by atoms with E-state index in [2.05, 4.69) is 20.5 Å². The third-order valence-corrected chi connectivity index (χ3v) is 5.90. The number of H-pyrrole nitrogens is 1. The van der Waals surface area contributed by atoms with Gasteiger partial charge in [-0.05, 0) is 43.2 Å². The fourth-order valence-corrected chi connectivity index (χ4v) is 4.13. The number of pyridine rings is 1. The van der Waals surface area contributed by atoms with Gasteiger partial charge in [-0.15, -0.1) is 10.2 Å². The minimum Gasteiger partial charge on any atom is -0.461 e. The van der Waals surface area contributed by atoms with Crippen LogP contribution in [0.3, 0.4) is 0 Å². The van der Waals surface area contributed by atoms with E-state index in [1.165, 1.54) is 11.8 Å². The summed E-state index contributed by atoms with van der Waals surface area (Å²) in [7, 11) is 0. The Labute approximate surface area is 189 Å². The van der Waals surface area contributed by atoms with E-state index in [0.29, 0.717) is 28.8 Å². The number of nitrogens with one attached hydrogen (secondary N) is 2. The second kappa shape index (κ2) is 9.69. The van der Waals surface area contributed by atoms with Crippen molar-refractivity contribution in [3.05, 3.63) is 87.5 Å². The predicted octanol–water partition coefficient (Wildman–Crippen LogP) is 3.30. The quantitative estimate of drug-likeness (QED) is 0.400. The number of nitrogens with zero attached hydrogens (tertiary/aromatic N) is 3. The monoisotopic (exact) mass is 449 g/mol. The molecule has 0 aliphatic rings. The lowest BCUT2D eigenvalue weighted by molar-refractivity contribution is -0.118. The number of thioether (sulfide) groups is 1. The molecule has 9 heteroatoms. The van der Waals surface area contributed by atoms with Gasteiger partial charge in [-0.3, -0.25) is 14.2 Å². The summed E-state index contributed by atoms with van der Waals surface area (Å²) in [5.74, 6) is 1.17. The zero-order valence-corrected chi connectivity index (χ0v) is 18.6. The SMILES string of the molecule is Cc1cc(C)c(CNC(=O)CSc2nnc(-c3ccco3)n2Cc2ccccc2)c(=O)[nH]1. The van der Waals surface area contributed by atoms with Crippen molar-refractivity contribution in [3.8, 4) is 11.6 Å². The molecule has 2 N–H and O–H groups in total. The van der Waals surface area contributed by atoms with Crippen molar-refractivity contribution in [2.75, 3.05) is 5.75 Å². The Morgan fingerprint density at radius 3 is 2.69 bits per heavy atom. The lowest BCUT2D eigenvalue weighted by Crippen LogP contribution is -2.29. The zero-order chi connectivity index (χ0) is 22.5. The van der Waals surface area contributed by atoms with Crippen LogP contribution in [-0.2, 0) is 17.9 Å². The molecule has 1 amide bonds. The molecule has 4 aromatic rings. The molecule has 0 unspecified atom stereocenters. The van der Waals surface area contributed by atoms with Crippen molar-refractivity contribution in [2.24, 2.45) is 0 Å². The Hall–Kier alpha value is -3.59. The first-order valence-corrected chi connectivity index (χ1v) is 11.1. The number of carbonyl (C=O) groups is 1. The Morgan fingerprint density at radius 2 is 1.97 bits per heavy atom. The smallest absolute Gasteiger partial charge is 0.253 e. The molecule has 0 spiro atoms. The highest BCUT2D eigenvalue weighted by molar-refractivity contribution is 7.99. The number of furan rings is 1. The average Bonchev–Trinajstić information content (AvgIpc) is 3.42. The molecule has 0 radical (unpaired) electrons. The van der Waals surface area contributed by atoms with E-state index >= 15 is 0 Å². The molecule has 32 heavy (non-hydrogen) atoms. The van der Waals surface area contributed by atoms with E-state index in [4.69, 9.17) is 4.42 Å². The van der Waals surface area contributed by atoms with Crippen molar-refractivity contribution in [3.63, 3.8) is 0 Å². The van der Waals surface area contributed by atoms with E-state index in [9.17, 15) is 9.59 Å². The Bertz CT molecular complexity index is 1260. The van der Waals surface area contributed by atoms with Crippen LogP contribution in [0.2, 0.25) is 0 Å².